The van der Waals surface area contributed by atoms with Crippen LogP contribution in [0.2, 0.25) is 0 Å². The molecule has 0 aliphatic heterocycles. The van der Waals surface area contributed by atoms with Crippen LogP contribution in [-0.4, -0.2) is 27.9 Å². The molecule has 1 aliphatic carbocycles. The van der Waals surface area contributed by atoms with Crippen LogP contribution in [0.4, 0.5) is 0 Å². The Balaban J connectivity index is 1.93. The number of benzene rings is 1. The SMILES string of the molecule is Cc1ccc(S(=O)(=O)n2cc(C3(O)CCCCCC3)nn2)cc1. The van der Waals surface area contributed by atoms with Gasteiger partial charge >= 0.3 is 0 Å². The molecular weight excluding hydrogens is 314 g/mol. The molecule has 0 unspecified atom stereocenters. The van der Waals surface area contributed by atoms with Gasteiger partial charge in [0, 0.05) is 0 Å². The summed E-state index contributed by atoms with van der Waals surface area (Å²) in [5.74, 6) is 0. The zero-order valence-electron chi connectivity index (χ0n) is 13.1. The monoisotopic (exact) mass is 335 g/mol. The highest BCUT2D eigenvalue weighted by Crippen LogP contribution is 2.34. The van der Waals surface area contributed by atoms with Crippen LogP contribution in [0.5, 0.6) is 0 Å². The van der Waals surface area contributed by atoms with Crippen molar-refractivity contribution in [1.29, 1.82) is 0 Å². The fourth-order valence-corrected chi connectivity index (χ4v) is 4.03. The average molecular weight is 335 g/mol. The Bertz CT molecular complexity index is 773. The Kier molecular flexibility index (Phi) is 4.25. The van der Waals surface area contributed by atoms with Gasteiger partial charge < -0.3 is 5.11 Å². The van der Waals surface area contributed by atoms with Crippen LogP contribution in [0.15, 0.2) is 35.4 Å². The molecule has 0 spiro atoms. The van der Waals surface area contributed by atoms with E-state index in [0.29, 0.717) is 18.5 Å². The first-order chi connectivity index (χ1) is 10.9. The predicted molar refractivity (Wildman–Crippen MR) is 85.4 cm³/mol. The van der Waals surface area contributed by atoms with Crippen molar-refractivity contribution < 1.29 is 13.5 Å². The summed E-state index contributed by atoms with van der Waals surface area (Å²) in [6, 6.07) is 6.58. The predicted octanol–water partition coefficient (Wildman–Crippen LogP) is 2.37. The molecule has 7 heteroatoms. The summed E-state index contributed by atoms with van der Waals surface area (Å²) < 4.78 is 26.0. The normalized spacial score (nSPS) is 18.5. The Morgan fingerprint density at radius 2 is 1.70 bits per heavy atom. The lowest BCUT2D eigenvalue weighted by Gasteiger charge is -2.23. The lowest BCUT2D eigenvalue weighted by atomic mass is 9.91. The van der Waals surface area contributed by atoms with Crippen LogP contribution < -0.4 is 0 Å². The topological polar surface area (TPSA) is 85.1 Å². The van der Waals surface area contributed by atoms with Gasteiger partial charge in [-0.25, -0.2) is 0 Å². The van der Waals surface area contributed by atoms with Crippen molar-refractivity contribution in [3.63, 3.8) is 0 Å². The van der Waals surface area contributed by atoms with Crippen molar-refractivity contribution in [3.8, 4) is 0 Å². The Labute approximate surface area is 136 Å². The quantitative estimate of drug-likeness (QED) is 0.870. The van der Waals surface area contributed by atoms with Gasteiger partial charge in [-0.3, -0.25) is 0 Å². The molecule has 1 heterocycles. The summed E-state index contributed by atoms with van der Waals surface area (Å²) in [6.45, 7) is 1.89. The molecule has 1 aliphatic rings. The first-order valence-corrected chi connectivity index (χ1v) is 9.33. The number of aromatic nitrogens is 3. The maximum atomic E-state index is 12.6. The number of hydrogen-bond acceptors (Lipinski definition) is 5. The highest BCUT2D eigenvalue weighted by molar-refractivity contribution is 7.89. The van der Waals surface area contributed by atoms with Crippen LogP contribution in [0.25, 0.3) is 0 Å². The molecule has 0 saturated heterocycles. The lowest BCUT2D eigenvalue weighted by Crippen LogP contribution is -2.25. The van der Waals surface area contributed by atoms with E-state index in [4.69, 9.17) is 0 Å². The van der Waals surface area contributed by atoms with Gasteiger partial charge in [-0.05, 0) is 31.9 Å². The summed E-state index contributed by atoms with van der Waals surface area (Å²) in [5, 5.41) is 18.5. The lowest BCUT2D eigenvalue weighted by molar-refractivity contribution is 0.0163. The molecule has 0 bridgehead atoms. The van der Waals surface area contributed by atoms with Crippen molar-refractivity contribution in [2.24, 2.45) is 0 Å². The van der Waals surface area contributed by atoms with Gasteiger partial charge in [0.05, 0.1) is 11.1 Å². The summed E-state index contributed by atoms with van der Waals surface area (Å²) in [4.78, 5) is 0.160. The number of rotatable bonds is 3. The van der Waals surface area contributed by atoms with Crippen LogP contribution in [0, 0.1) is 6.92 Å². The van der Waals surface area contributed by atoms with Gasteiger partial charge in [0.15, 0.2) is 0 Å². The standard InChI is InChI=1S/C16H21N3O3S/c1-13-6-8-14(9-7-13)23(21,22)19-12-15(17-18-19)16(20)10-4-2-3-5-11-16/h6-9,12,20H,2-5,10-11H2,1H3. The third-order valence-electron chi connectivity index (χ3n) is 4.45. The number of aliphatic hydroxyl groups is 1. The first kappa shape index (κ1) is 16.1. The average Bonchev–Trinajstić information content (AvgIpc) is 2.93. The fraction of sp³-hybridized carbons (Fsp3) is 0.500. The fourth-order valence-electron chi connectivity index (χ4n) is 2.97. The number of aryl methyl sites for hydroxylation is 1. The molecule has 23 heavy (non-hydrogen) atoms. The van der Waals surface area contributed by atoms with E-state index >= 15 is 0 Å². The van der Waals surface area contributed by atoms with Crippen LogP contribution >= 0.6 is 0 Å². The summed E-state index contributed by atoms with van der Waals surface area (Å²) in [5.41, 5.74) is 0.253. The van der Waals surface area contributed by atoms with Gasteiger partial charge in [-0.15, -0.1) is 9.19 Å². The molecule has 0 atom stereocenters. The van der Waals surface area contributed by atoms with E-state index in [-0.39, 0.29) is 4.90 Å². The molecule has 1 aromatic heterocycles. The molecule has 0 amide bonds. The maximum absolute atomic E-state index is 12.6. The van der Waals surface area contributed by atoms with Crippen molar-refractivity contribution in [3.05, 3.63) is 41.7 Å². The van der Waals surface area contributed by atoms with E-state index in [2.05, 4.69) is 10.3 Å². The molecule has 1 N–H and O–H groups in total. The van der Waals surface area contributed by atoms with Crippen LogP contribution in [-0.2, 0) is 15.6 Å². The Morgan fingerprint density at radius 1 is 1.09 bits per heavy atom. The minimum Gasteiger partial charge on any atom is -0.383 e. The zero-order chi connectivity index (χ0) is 16.5. The van der Waals surface area contributed by atoms with Gasteiger partial charge in [0.25, 0.3) is 10.0 Å². The molecule has 1 saturated carbocycles. The molecule has 1 fully saturated rings. The van der Waals surface area contributed by atoms with Gasteiger partial charge in [0.2, 0.25) is 0 Å². The van der Waals surface area contributed by atoms with E-state index in [0.717, 1.165) is 35.3 Å². The minimum atomic E-state index is -3.78. The molecular formula is C16H21N3O3S. The molecule has 1 aromatic carbocycles. The maximum Gasteiger partial charge on any atom is 0.284 e. The van der Waals surface area contributed by atoms with Gasteiger partial charge in [-0.2, -0.15) is 8.42 Å². The van der Waals surface area contributed by atoms with Gasteiger partial charge in [0.1, 0.15) is 11.3 Å². The summed E-state index contributed by atoms with van der Waals surface area (Å²) >= 11 is 0. The van der Waals surface area contributed by atoms with E-state index < -0.39 is 15.6 Å². The van der Waals surface area contributed by atoms with Crippen molar-refractivity contribution in [2.45, 2.75) is 55.9 Å². The molecule has 0 radical (unpaired) electrons. The Hall–Kier alpha value is -1.73. The molecule has 3 rings (SSSR count). The minimum absolute atomic E-state index is 0.160. The van der Waals surface area contributed by atoms with Crippen LogP contribution in [0.1, 0.15) is 49.8 Å². The molecule has 6 nitrogen and oxygen atoms in total. The molecule has 124 valence electrons. The number of hydrogen-bond donors (Lipinski definition) is 1. The second-order valence-corrected chi connectivity index (χ2v) is 8.04. The first-order valence-electron chi connectivity index (χ1n) is 7.89. The van der Waals surface area contributed by atoms with Crippen LogP contribution in [0.3, 0.4) is 0 Å². The van der Waals surface area contributed by atoms with E-state index in [9.17, 15) is 13.5 Å². The highest BCUT2D eigenvalue weighted by atomic mass is 32.2. The summed E-state index contributed by atoms with van der Waals surface area (Å²) in [7, 11) is -3.78. The zero-order valence-corrected chi connectivity index (χ0v) is 14.0. The third kappa shape index (κ3) is 3.16. The van der Waals surface area contributed by atoms with E-state index in [1.807, 2.05) is 6.92 Å². The second-order valence-electron chi connectivity index (χ2n) is 6.24. The van der Waals surface area contributed by atoms with E-state index in [1.54, 1.807) is 24.3 Å². The Morgan fingerprint density at radius 3 is 2.30 bits per heavy atom. The largest absolute Gasteiger partial charge is 0.383 e. The molecule has 2 aromatic rings. The second kappa shape index (κ2) is 6.05. The van der Waals surface area contributed by atoms with Crippen molar-refractivity contribution >= 4 is 10.0 Å². The number of nitrogens with zero attached hydrogens (tertiary/aromatic N) is 3. The van der Waals surface area contributed by atoms with Crippen molar-refractivity contribution in [2.75, 3.05) is 0 Å². The van der Waals surface area contributed by atoms with E-state index in [1.165, 1.54) is 6.20 Å². The third-order valence-corrected chi connectivity index (χ3v) is 5.98. The smallest absolute Gasteiger partial charge is 0.284 e. The van der Waals surface area contributed by atoms with Crippen molar-refractivity contribution in [1.82, 2.24) is 14.4 Å². The highest BCUT2D eigenvalue weighted by Gasteiger charge is 2.34. The summed E-state index contributed by atoms with van der Waals surface area (Å²) in [6.07, 6.45) is 6.52. The van der Waals surface area contributed by atoms with Gasteiger partial charge in [-0.1, -0.05) is 48.6 Å².